The largest absolute Gasteiger partial charge is 0.206 e. The summed E-state index contributed by atoms with van der Waals surface area (Å²) in [5.41, 5.74) is 2.91. The molecule has 0 saturated carbocycles. The van der Waals surface area contributed by atoms with Crippen LogP contribution in [0.3, 0.4) is 0 Å². The average molecular weight is 312 g/mol. The van der Waals surface area contributed by atoms with Crippen molar-refractivity contribution in [3.8, 4) is 11.1 Å². The summed E-state index contributed by atoms with van der Waals surface area (Å²) >= 11 is 0. The number of hydrogen-bond donors (Lipinski definition) is 0. The number of aryl methyl sites for hydroxylation is 2. The first-order valence-corrected chi connectivity index (χ1v) is 7.41. The lowest BCUT2D eigenvalue weighted by molar-refractivity contribution is 0.507. The highest BCUT2D eigenvalue weighted by Crippen LogP contribution is 2.24. The number of benzene rings is 3. The molecular weight excluding hydrogens is 297 g/mol. The minimum absolute atomic E-state index is 0.279. The van der Waals surface area contributed by atoms with Crippen LogP contribution in [-0.2, 0) is 12.8 Å². The summed E-state index contributed by atoms with van der Waals surface area (Å²) in [6, 6.07) is 18.3. The Morgan fingerprint density at radius 1 is 0.565 bits per heavy atom. The molecule has 0 aliphatic heterocycles. The molecule has 3 aromatic rings. The molecule has 116 valence electrons. The predicted octanol–water partition coefficient (Wildman–Crippen LogP) is 5.56. The van der Waals surface area contributed by atoms with Gasteiger partial charge in [-0.25, -0.2) is 13.2 Å². The highest BCUT2D eigenvalue weighted by Gasteiger charge is 2.07. The fourth-order valence-corrected chi connectivity index (χ4v) is 2.55. The van der Waals surface area contributed by atoms with Crippen LogP contribution in [0.4, 0.5) is 13.2 Å². The van der Waals surface area contributed by atoms with E-state index in [4.69, 9.17) is 0 Å². The Labute approximate surface area is 133 Å². The van der Waals surface area contributed by atoms with E-state index in [9.17, 15) is 13.2 Å². The van der Waals surface area contributed by atoms with Gasteiger partial charge in [0.2, 0.25) is 0 Å². The molecule has 3 heteroatoms. The van der Waals surface area contributed by atoms with Crippen LogP contribution >= 0.6 is 0 Å². The van der Waals surface area contributed by atoms with E-state index < -0.39 is 11.6 Å². The molecule has 3 rings (SSSR count). The van der Waals surface area contributed by atoms with Crippen molar-refractivity contribution in [3.63, 3.8) is 0 Å². The third-order valence-electron chi connectivity index (χ3n) is 3.80. The van der Waals surface area contributed by atoms with E-state index in [-0.39, 0.29) is 5.82 Å². The molecule has 0 heterocycles. The number of hydrogen-bond acceptors (Lipinski definition) is 0. The van der Waals surface area contributed by atoms with Gasteiger partial charge in [-0.2, -0.15) is 0 Å². The zero-order valence-corrected chi connectivity index (χ0v) is 12.4. The Morgan fingerprint density at radius 2 is 1.17 bits per heavy atom. The summed E-state index contributed by atoms with van der Waals surface area (Å²) < 4.78 is 40.3. The molecule has 0 fully saturated rings. The first kappa shape index (κ1) is 15.3. The molecule has 0 N–H and O–H groups in total. The molecule has 0 spiro atoms. The maximum Gasteiger partial charge on any atom is 0.159 e. The van der Waals surface area contributed by atoms with Gasteiger partial charge in [-0.1, -0.05) is 48.5 Å². The van der Waals surface area contributed by atoms with Gasteiger partial charge in [0, 0.05) is 5.56 Å². The molecular formula is C20H15F3. The van der Waals surface area contributed by atoms with Crippen molar-refractivity contribution >= 4 is 0 Å². The maximum atomic E-state index is 14.3. The summed E-state index contributed by atoms with van der Waals surface area (Å²) in [6.07, 6.45) is 1.10. The normalized spacial score (nSPS) is 10.7. The van der Waals surface area contributed by atoms with Gasteiger partial charge < -0.3 is 0 Å². The van der Waals surface area contributed by atoms with E-state index >= 15 is 0 Å². The van der Waals surface area contributed by atoms with Crippen LogP contribution in [0.2, 0.25) is 0 Å². The molecule has 0 aliphatic rings. The van der Waals surface area contributed by atoms with Crippen molar-refractivity contribution in [1.82, 2.24) is 0 Å². The molecule has 0 aromatic heterocycles. The highest BCUT2D eigenvalue weighted by atomic mass is 19.2. The van der Waals surface area contributed by atoms with Crippen LogP contribution in [0.1, 0.15) is 11.1 Å². The molecule has 0 atom stereocenters. The number of rotatable bonds is 4. The highest BCUT2D eigenvalue weighted by molar-refractivity contribution is 5.64. The average Bonchev–Trinajstić information content (AvgIpc) is 2.57. The van der Waals surface area contributed by atoms with Crippen LogP contribution in [0.5, 0.6) is 0 Å². The van der Waals surface area contributed by atoms with E-state index in [1.807, 2.05) is 36.4 Å². The Morgan fingerprint density at radius 3 is 1.78 bits per heavy atom. The zero-order valence-electron chi connectivity index (χ0n) is 12.4. The van der Waals surface area contributed by atoms with Gasteiger partial charge in [0.1, 0.15) is 5.82 Å². The van der Waals surface area contributed by atoms with Gasteiger partial charge in [-0.05, 0) is 47.7 Å². The maximum absolute atomic E-state index is 14.3. The van der Waals surface area contributed by atoms with Gasteiger partial charge in [0.15, 0.2) is 11.6 Å². The van der Waals surface area contributed by atoms with Gasteiger partial charge in [0.05, 0.1) is 0 Å². The molecule has 0 saturated heterocycles. The van der Waals surface area contributed by atoms with Crippen molar-refractivity contribution in [2.45, 2.75) is 12.8 Å². The van der Waals surface area contributed by atoms with Gasteiger partial charge in [0.25, 0.3) is 0 Å². The van der Waals surface area contributed by atoms with Crippen molar-refractivity contribution in [2.75, 3.05) is 0 Å². The third kappa shape index (κ3) is 3.62. The predicted molar refractivity (Wildman–Crippen MR) is 85.6 cm³/mol. The molecule has 0 unspecified atom stereocenters. The lowest BCUT2D eigenvalue weighted by Gasteiger charge is -2.07. The molecule has 0 radical (unpaired) electrons. The van der Waals surface area contributed by atoms with E-state index in [0.29, 0.717) is 24.0 Å². The second kappa shape index (κ2) is 6.69. The topological polar surface area (TPSA) is 0 Å². The summed E-state index contributed by atoms with van der Waals surface area (Å²) in [7, 11) is 0. The van der Waals surface area contributed by atoms with Gasteiger partial charge in [-0.15, -0.1) is 0 Å². The quantitative estimate of drug-likeness (QED) is 0.592. The lowest BCUT2D eigenvalue weighted by Crippen LogP contribution is -1.95. The minimum atomic E-state index is -0.855. The van der Waals surface area contributed by atoms with Crippen molar-refractivity contribution in [1.29, 1.82) is 0 Å². The van der Waals surface area contributed by atoms with E-state index in [1.165, 1.54) is 12.1 Å². The second-order valence-corrected chi connectivity index (χ2v) is 5.43. The summed E-state index contributed by atoms with van der Waals surface area (Å²) in [6.45, 7) is 0. The fraction of sp³-hybridized carbons (Fsp3) is 0.100. The summed E-state index contributed by atoms with van der Waals surface area (Å²) in [5.74, 6) is -1.99. The van der Waals surface area contributed by atoms with Crippen molar-refractivity contribution in [3.05, 3.63) is 95.3 Å². The van der Waals surface area contributed by atoms with Crippen molar-refractivity contribution in [2.24, 2.45) is 0 Å². The fourth-order valence-electron chi connectivity index (χ4n) is 2.55. The monoisotopic (exact) mass is 312 g/mol. The minimum Gasteiger partial charge on any atom is -0.206 e. The lowest BCUT2D eigenvalue weighted by atomic mass is 9.99. The standard InChI is InChI=1S/C20H15F3/c21-18-11-9-15(13-20(18)23)7-6-14-8-10-17(19(22)12-14)16-4-2-1-3-5-16/h1-5,8-13H,6-7H2. The summed E-state index contributed by atoms with van der Waals surface area (Å²) in [5, 5.41) is 0. The second-order valence-electron chi connectivity index (χ2n) is 5.43. The van der Waals surface area contributed by atoms with Crippen molar-refractivity contribution < 1.29 is 13.2 Å². The number of halogens is 3. The first-order chi connectivity index (χ1) is 11.1. The Kier molecular flexibility index (Phi) is 4.47. The third-order valence-corrected chi connectivity index (χ3v) is 3.80. The van der Waals surface area contributed by atoms with Crippen LogP contribution in [-0.4, -0.2) is 0 Å². The van der Waals surface area contributed by atoms with Gasteiger partial charge in [-0.3, -0.25) is 0 Å². The van der Waals surface area contributed by atoms with E-state index in [0.717, 1.165) is 17.2 Å². The SMILES string of the molecule is Fc1ccc(CCc2ccc(-c3ccccc3)c(F)c2)cc1F. The Bertz CT molecular complexity index is 810. The van der Waals surface area contributed by atoms with Crippen LogP contribution in [0.25, 0.3) is 11.1 Å². The molecule has 0 amide bonds. The Balaban J connectivity index is 1.74. The molecule has 23 heavy (non-hydrogen) atoms. The van der Waals surface area contributed by atoms with Crippen LogP contribution in [0.15, 0.2) is 66.7 Å². The molecule has 0 nitrogen and oxygen atoms in total. The van der Waals surface area contributed by atoms with Crippen LogP contribution < -0.4 is 0 Å². The van der Waals surface area contributed by atoms with Gasteiger partial charge >= 0.3 is 0 Å². The van der Waals surface area contributed by atoms with E-state index in [2.05, 4.69) is 0 Å². The first-order valence-electron chi connectivity index (χ1n) is 7.41. The molecule has 3 aromatic carbocycles. The van der Waals surface area contributed by atoms with E-state index in [1.54, 1.807) is 12.1 Å². The summed E-state index contributed by atoms with van der Waals surface area (Å²) in [4.78, 5) is 0. The Hall–Kier alpha value is -2.55. The smallest absolute Gasteiger partial charge is 0.159 e. The van der Waals surface area contributed by atoms with Crippen LogP contribution in [0, 0.1) is 17.5 Å². The molecule has 0 bridgehead atoms. The molecule has 0 aliphatic carbocycles. The zero-order chi connectivity index (χ0) is 16.2.